The Kier molecular flexibility index (Phi) is 5.64. The van der Waals surface area contributed by atoms with Crippen molar-refractivity contribution in [3.05, 3.63) is 60.0 Å². The molecule has 0 aliphatic carbocycles. The molecule has 32 heavy (non-hydrogen) atoms. The molecular formula is C25H30N6O. The number of rotatable bonds is 5. The van der Waals surface area contributed by atoms with Crippen LogP contribution >= 0.6 is 0 Å². The van der Waals surface area contributed by atoms with Crippen molar-refractivity contribution in [3.63, 3.8) is 0 Å². The average molecular weight is 431 g/mol. The molecule has 2 saturated heterocycles. The second-order valence-electron chi connectivity index (χ2n) is 8.83. The maximum atomic E-state index is 13.5. The number of anilines is 1. The van der Waals surface area contributed by atoms with E-state index < -0.39 is 0 Å². The molecule has 1 aromatic carbocycles. The zero-order chi connectivity index (χ0) is 22.1. The third kappa shape index (κ3) is 3.76. The molecule has 2 aromatic heterocycles. The van der Waals surface area contributed by atoms with E-state index in [-0.39, 0.29) is 17.9 Å². The highest BCUT2D eigenvalue weighted by molar-refractivity contribution is 5.84. The molecule has 0 spiro atoms. The van der Waals surface area contributed by atoms with Gasteiger partial charge in [0.15, 0.2) is 0 Å². The Balaban J connectivity index is 1.46. The fraction of sp³-hybridized carbons (Fsp3) is 0.440. The van der Waals surface area contributed by atoms with Crippen LogP contribution in [0.25, 0.3) is 11.3 Å². The van der Waals surface area contributed by atoms with Crippen molar-refractivity contribution in [2.45, 2.75) is 44.6 Å². The zero-order valence-corrected chi connectivity index (χ0v) is 18.8. The van der Waals surface area contributed by atoms with E-state index in [4.69, 9.17) is 4.98 Å². The molecule has 7 heteroatoms. The summed E-state index contributed by atoms with van der Waals surface area (Å²) in [7, 11) is 1.96. The van der Waals surface area contributed by atoms with E-state index in [0.29, 0.717) is 0 Å². The number of aryl methyl sites for hydroxylation is 1. The Morgan fingerprint density at radius 2 is 1.84 bits per heavy atom. The number of hydrogen-bond acceptors (Lipinski definition) is 5. The zero-order valence-electron chi connectivity index (χ0n) is 18.8. The van der Waals surface area contributed by atoms with E-state index in [2.05, 4.69) is 15.0 Å². The first kappa shape index (κ1) is 20.7. The lowest BCUT2D eigenvalue weighted by molar-refractivity contribution is -0.133. The molecule has 4 heterocycles. The fourth-order valence-electron chi connectivity index (χ4n) is 5.06. The van der Waals surface area contributed by atoms with Crippen LogP contribution in [0, 0.1) is 0 Å². The van der Waals surface area contributed by atoms with Gasteiger partial charge in [-0.2, -0.15) is 5.10 Å². The molecule has 2 atom stereocenters. The number of aromatic nitrogens is 4. The van der Waals surface area contributed by atoms with Crippen LogP contribution in [0.15, 0.2) is 48.8 Å². The van der Waals surface area contributed by atoms with E-state index >= 15 is 0 Å². The maximum Gasteiger partial charge on any atom is 0.230 e. The lowest BCUT2D eigenvalue weighted by Crippen LogP contribution is -2.34. The van der Waals surface area contributed by atoms with Crippen molar-refractivity contribution in [3.8, 4) is 11.3 Å². The van der Waals surface area contributed by atoms with E-state index in [9.17, 15) is 4.79 Å². The van der Waals surface area contributed by atoms with Gasteiger partial charge in [0.1, 0.15) is 0 Å². The van der Waals surface area contributed by atoms with Gasteiger partial charge in [0, 0.05) is 38.4 Å². The van der Waals surface area contributed by atoms with E-state index in [1.54, 1.807) is 0 Å². The van der Waals surface area contributed by atoms with Gasteiger partial charge in [0.05, 0.1) is 29.5 Å². The number of carbonyl (C=O) groups is 1. The molecule has 2 aliphatic rings. The van der Waals surface area contributed by atoms with Crippen molar-refractivity contribution < 1.29 is 4.79 Å². The molecule has 166 valence electrons. The number of amides is 1. The average Bonchev–Trinajstić information content (AvgIpc) is 3.59. The van der Waals surface area contributed by atoms with Gasteiger partial charge in [-0.3, -0.25) is 9.48 Å². The summed E-state index contributed by atoms with van der Waals surface area (Å²) in [6.45, 7) is 4.79. The molecule has 0 N–H and O–H groups in total. The Morgan fingerprint density at radius 1 is 1.06 bits per heavy atom. The molecule has 0 unspecified atom stereocenters. The van der Waals surface area contributed by atoms with Crippen molar-refractivity contribution in [1.82, 2.24) is 24.6 Å². The first-order valence-corrected chi connectivity index (χ1v) is 11.6. The van der Waals surface area contributed by atoms with Crippen LogP contribution in [-0.4, -0.2) is 50.2 Å². The summed E-state index contributed by atoms with van der Waals surface area (Å²) in [4.78, 5) is 27.2. The number of nitrogens with zero attached hydrogens (tertiary/aromatic N) is 6. The van der Waals surface area contributed by atoms with Crippen LogP contribution in [0.1, 0.15) is 55.8 Å². The summed E-state index contributed by atoms with van der Waals surface area (Å²) in [6, 6.07) is 12.0. The van der Waals surface area contributed by atoms with E-state index in [0.717, 1.165) is 60.9 Å². The highest BCUT2D eigenvalue weighted by atomic mass is 16.2. The van der Waals surface area contributed by atoms with Gasteiger partial charge in [0.2, 0.25) is 11.9 Å². The topological polar surface area (TPSA) is 67.2 Å². The van der Waals surface area contributed by atoms with Gasteiger partial charge >= 0.3 is 0 Å². The lowest BCUT2D eigenvalue weighted by Gasteiger charge is -2.28. The summed E-state index contributed by atoms with van der Waals surface area (Å²) in [6.07, 6.45) is 8.01. The predicted octanol–water partition coefficient (Wildman–Crippen LogP) is 3.94. The van der Waals surface area contributed by atoms with Crippen molar-refractivity contribution in [1.29, 1.82) is 0 Å². The Morgan fingerprint density at radius 3 is 2.62 bits per heavy atom. The van der Waals surface area contributed by atoms with Crippen LogP contribution < -0.4 is 4.90 Å². The molecule has 5 rings (SSSR count). The van der Waals surface area contributed by atoms with Gasteiger partial charge in [-0.15, -0.1) is 0 Å². The highest BCUT2D eigenvalue weighted by Gasteiger charge is 2.36. The van der Waals surface area contributed by atoms with Crippen LogP contribution in [0.5, 0.6) is 0 Å². The van der Waals surface area contributed by atoms with Gasteiger partial charge < -0.3 is 9.80 Å². The van der Waals surface area contributed by atoms with E-state index in [1.165, 1.54) is 12.8 Å². The van der Waals surface area contributed by atoms with Gasteiger partial charge in [-0.05, 0) is 44.2 Å². The summed E-state index contributed by atoms with van der Waals surface area (Å²) in [5, 5.41) is 4.57. The first-order chi connectivity index (χ1) is 15.6. The Labute approximate surface area is 189 Å². The quantitative estimate of drug-likeness (QED) is 0.613. The van der Waals surface area contributed by atoms with Crippen LogP contribution in [0.3, 0.4) is 0 Å². The monoisotopic (exact) mass is 430 g/mol. The van der Waals surface area contributed by atoms with Crippen LogP contribution in [-0.2, 0) is 11.8 Å². The van der Waals surface area contributed by atoms with Crippen molar-refractivity contribution in [2.75, 3.05) is 24.5 Å². The first-order valence-electron chi connectivity index (χ1n) is 11.6. The predicted molar refractivity (Wildman–Crippen MR) is 124 cm³/mol. The second kappa shape index (κ2) is 8.73. The standard InChI is InChI=1S/C25H30N6O/c1-18(19-9-4-3-5-10-19)24(32)31-16-8-11-22(31)23-20(17-27-29(23)2)21-12-13-26-25(28-21)30-14-6-7-15-30/h3-5,9-10,12-13,17-18,22H,6-8,11,14-16H2,1-2H3/t18-,22-/m1/s1. The maximum absolute atomic E-state index is 13.5. The third-order valence-corrected chi connectivity index (χ3v) is 6.81. The molecule has 0 saturated carbocycles. The summed E-state index contributed by atoms with van der Waals surface area (Å²) >= 11 is 0. The minimum Gasteiger partial charge on any atom is -0.341 e. The summed E-state index contributed by atoms with van der Waals surface area (Å²) in [5.41, 5.74) is 3.98. The molecule has 2 aliphatic heterocycles. The van der Waals surface area contributed by atoms with Crippen molar-refractivity contribution >= 4 is 11.9 Å². The van der Waals surface area contributed by atoms with Crippen molar-refractivity contribution in [2.24, 2.45) is 7.05 Å². The van der Waals surface area contributed by atoms with Crippen LogP contribution in [0.4, 0.5) is 5.95 Å². The molecule has 3 aromatic rings. The lowest BCUT2D eigenvalue weighted by atomic mass is 9.98. The summed E-state index contributed by atoms with van der Waals surface area (Å²) < 4.78 is 1.91. The molecule has 7 nitrogen and oxygen atoms in total. The molecule has 2 fully saturated rings. The second-order valence-corrected chi connectivity index (χ2v) is 8.83. The largest absolute Gasteiger partial charge is 0.341 e. The van der Waals surface area contributed by atoms with Gasteiger partial charge in [-0.1, -0.05) is 30.3 Å². The van der Waals surface area contributed by atoms with E-state index in [1.807, 2.05) is 72.3 Å². The van der Waals surface area contributed by atoms with Gasteiger partial charge in [-0.25, -0.2) is 9.97 Å². The molecule has 0 radical (unpaired) electrons. The van der Waals surface area contributed by atoms with Crippen LogP contribution in [0.2, 0.25) is 0 Å². The molecular weight excluding hydrogens is 400 g/mol. The highest BCUT2D eigenvalue weighted by Crippen LogP contribution is 2.39. The Hall–Kier alpha value is -3.22. The third-order valence-electron chi connectivity index (χ3n) is 6.81. The van der Waals surface area contributed by atoms with Gasteiger partial charge in [0.25, 0.3) is 0 Å². The fourth-order valence-corrected chi connectivity index (χ4v) is 5.06. The number of benzene rings is 1. The minimum atomic E-state index is -0.172. The smallest absolute Gasteiger partial charge is 0.230 e. The normalized spacial score (nSPS) is 19.5. The SMILES string of the molecule is C[C@@H](C(=O)N1CCC[C@@H]1c1c(-c2ccnc(N3CCCC3)n2)cnn1C)c1ccccc1. The number of likely N-dealkylation sites (tertiary alicyclic amines) is 1. The molecule has 1 amide bonds. The minimum absolute atomic E-state index is 0.00126. The number of carbonyl (C=O) groups excluding carboxylic acids is 1. The Bertz CT molecular complexity index is 1090. The number of hydrogen-bond donors (Lipinski definition) is 0. The summed E-state index contributed by atoms with van der Waals surface area (Å²) in [5.74, 6) is 0.785. The molecule has 0 bridgehead atoms.